The summed E-state index contributed by atoms with van der Waals surface area (Å²) < 4.78 is 0. The summed E-state index contributed by atoms with van der Waals surface area (Å²) >= 11 is 0. The van der Waals surface area contributed by atoms with Crippen LogP contribution in [0.5, 0.6) is 5.75 Å². The Bertz CT molecular complexity index is 536. The van der Waals surface area contributed by atoms with Gasteiger partial charge in [0, 0.05) is 18.2 Å². The van der Waals surface area contributed by atoms with E-state index in [1.807, 2.05) is 0 Å². The van der Waals surface area contributed by atoms with Crippen molar-refractivity contribution < 1.29 is 14.7 Å². The average Bonchev–Trinajstić information content (AvgIpc) is 2.32. The number of Topliss-reactive ketones (excluding diaryl/α,β-unsaturated/α-hetero) is 1. The third-order valence-corrected chi connectivity index (χ3v) is 2.70. The van der Waals surface area contributed by atoms with Crippen molar-refractivity contribution >= 4 is 17.4 Å². The molecule has 0 heterocycles. The molecular formula is C15H20N2O3. The molecule has 0 aliphatic heterocycles. The zero-order valence-electron chi connectivity index (χ0n) is 12.1. The second-order valence-corrected chi connectivity index (χ2v) is 4.82. The lowest BCUT2D eigenvalue weighted by molar-refractivity contribution is -0.114. The molecule has 0 bridgehead atoms. The van der Waals surface area contributed by atoms with E-state index in [4.69, 9.17) is 0 Å². The molecule has 1 aromatic carbocycles. The molecule has 5 nitrogen and oxygen atoms in total. The zero-order valence-corrected chi connectivity index (χ0v) is 12.1. The largest absolute Gasteiger partial charge is 0.507 e. The Hall–Kier alpha value is -2.14. The summed E-state index contributed by atoms with van der Waals surface area (Å²) in [4.78, 5) is 24.9. The van der Waals surface area contributed by atoms with Crippen molar-refractivity contribution in [3.05, 3.63) is 35.9 Å². The van der Waals surface area contributed by atoms with E-state index in [1.54, 1.807) is 31.1 Å². The van der Waals surface area contributed by atoms with Crippen LogP contribution in [-0.2, 0) is 11.2 Å². The maximum atomic E-state index is 12.1. The molecule has 0 spiro atoms. The van der Waals surface area contributed by atoms with Gasteiger partial charge in [0.25, 0.3) is 0 Å². The van der Waals surface area contributed by atoms with Crippen molar-refractivity contribution in [3.8, 4) is 5.75 Å². The van der Waals surface area contributed by atoms with Gasteiger partial charge in [-0.3, -0.25) is 9.59 Å². The number of hydrogen-bond donors (Lipinski definition) is 2. The number of amides is 1. The van der Waals surface area contributed by atoms with Crippen LogP contribution >= 0.6 is 0 Å². The molecule has 1 amide bonds. The van der Waals surface area contributed by atoms with Gasteiger partial charge in [-0.25, -0.2) is 0 Å². The molecule has 0 saturated carbocycles. The first-order valence-electron chi connectivity index (χ1n) is 6.28. The molecule has 5 heteroatoms. The normalized spacial score (nSPS) is 10.4. The van der Waals surface area contributed by atoms with Crippen molar-refractivity contribution in [3.63, 3.8) is 0 Å². The number of nitrogens with zero attached hydrogens (tertiary/aromatic N) is 1. The number of ketones is 1. The number of likely N-dealkylation sites (N-methyl/N-ethyl adjacent to an activating group) is 1. The van der Waals surface area contributed by atoms with Crippen LogP contribution in [-0.4, -0.2) is 42.3 Å². The fraction of sp³-hybridized carbons (Fsp3) is 0.333. The fourth-order valence-electron chi connectivity index (χ4n) is 1.89. The van der Waals surface area contributed by atoms with E-state index in [9.17, 15) is 14.7 Å². The number of anilines is 1. The molecule has 108 valence electrons. The average molecular weight is 276 g/mol. The lowest BCUT2D eigenvalue weighted by atomic mass is 10.0. The number of nitrogens with one attached hydrogen (secondary N) is 1. The highest BCUT2D eigenvalue weighted by Crippen LogP contribution is 2.31. The maximum Gasteiger partial charge on any atom is 0.221 e. The molecule has 0 aliphatic carbocycles. The Kier molecular flexibility index (Phi) is 5.46. The maximum absolute atomic E-state index is 12.1. The number of benzene rings is 1. The standard InChI is InChI=1S/C15H20N2O3/c1-5-6-11-13(16-10(2)18)8-7-12(15(11)20)14(19)9-17(3)4/h5,7-8,20H,1,6,9H2,2-4H3,(H,16,18). The second-order valence-electron chi connectivity index (χ2n) is 4.82. The second kappa shape index (κ2) is 6.86. The quantitative estimate of drug-likeness (QED) is 0.614. The topological polar surface area (TPSA) is 69.6 Å². The van der Waals surface area contributed by atoms with Crippen LogP contribution in [0.2, 0.25) is 0 Å². The Morgan fingerprint density at radius 2 is 2.05 bits per heavy atom. The number of carbonyl (C=O) groups is 2. The first-order valence-corrected chi connectivity index (χ1v) is 6.28. The molecule has 0 aromatic heterocycles. The number of aromatic hydroxyl groups is 1. The summed E-state index contributed by atoms with van der Waals surface area (Å²) in [6, 6.07) is 3.15. The van der Waals surface area contributed by atoms with Crippen molar-refractivity contribution in [2.75, 3.05) is 26.0 Å². The monoisotopic (exact) mass is 276 g/mol. The molecule has 0 fully saturated rings. The highest BCUT2D eigenvalue weighted by molar-refractivity contribution is 6.01. The summed E-state index contributed by atoms with van der Waals surface area (Å²) in [6.45, 7) is 5.22. The lowest BCUT2D eigenvalue weighted by Gasteiger charge is -2.15. The molecule has 0 atom stereocenters. The van der Waals surface area contributed by atoms with Crippen molar-refractivity contribution in [1.82, 2.24) is 4.90 Å². The minimum atomic E-state index is -0.234. The van der Waals surface area contributed by atoms with Gasteiger partial charge in [-0.2, -0.15) is 0 Å². The van der Waals surface area contributed by atoms with Crippen LogP contribution in [0.4, 0.5) is 5.69 Å². The van der Waals surface area contributed by atoms with E-state index in [1.165, 1.54) is 13.0 Å². The SMILES string of the molecule is C=CCc1c(NC(C)=O)ccc(C(=O)CN(C)C)c1O. The fourth-order valence-corrected chi connectivity index (χ4v) is 1.89. The Balaban J connectivity index is 3.23. The smallest absolute Gasteiger partial charge is 0.221 e. The van der Waals surface area contributed by atoms with E-state index in [-0.39, 0.29) is 29.5 Å². The van der Waals surface area contributed by atoms with Gasteiger partial charge in [0.15, 0.2) is 5.78 Å². The number of phenolic OH excluding ortho intramolecular Hbond substituents is 1. The molecule has 1 rings (SSSR count). The van der Waals surface area contributed by atoms with Crippen LogP contribution in [0, 0.1) is 0 Å². The first kappa shape index (κ1) is 15.9. The summed E-state index contributed by atoms with van der Waals surface area (Å²) in [7, 11) is 3.57. The van der Waals surface area contributed by atoms with E-state index in [0.717, 1.165) is 0 Å². The Morgan fingerprint density at radius 1 is 1.40 bits per heavy atom. The van der Waals surface area contributed by atoms with Crippen LogP contribution < -0.4 is 5.32 Å². The molecule has 0 radical (unpaired) electrons. The predicted molar refractivity (Wildman–Crippen MR) is 79.2 cm³/mol. The van der Waals surface area contributed by atoms with Crippen molar-refractivity contribution in [2.45, 2.75) is 13.3 Å². The van der Waals surface area contributed by atoms with Gasteiger partial charge in [-0.05, 0) is 32.6 Å². The van der Waals surface area contributed by atoms with Crippen LogP contribution in [0.15, 0.2) is 24.8 Å². The van der Waals surface area contributed by atoms with Crippen LogP contribution in [0.25, 0.3) is 0 Å². The van der Waals surface area contributed by atoms with Gasteiger partial charge < -0.3 is 15.3 Å². The number of allylic oxidation sites excluding steroid dienone is 1. The Morgan fingerprint density at radius 3 is 2.55 bits per heavy atom. The van der Waals surface area contributed by atoms with Gasteiger partial charge in [-0.15, -0.1) is 6.58 Å². The molecule has 20 heavy (non-hydrogen) atoms. The summed E-state index contributed by atoms with van der Waals surface area (Å²) in [5, 5.41) is 12.9. The van der Waals surface area contributed by atoms with Gasteiger partial charge >= 0.3 is 0 Å². The summed E-state index contributed by atoms with van der Waals surface area (Å²) in [6.07, 6.45) is 1.98. The van der Waals surface area contributed by atoms with Crippen LogP contribution in [0.1, 0.15) is 22.8 Å². The van der Waals surface area contributed by atoms with E-state index >= 15 is 0 Å². The minimum Gasteiger partial charge on any atom is -0.507 e. The summed E-state index contributed by atoms with van der Waals surface area (Å²) in [5.41, 5.74) is 1.25. The third kappa shape index (κ3) is 3.93. The molecule has 0 saturated heterocycles. The molecular weight excluding hydrogens is 256 g/mol. The number of rotatable bonds is 6. The van der Waals surface area contributed by atoms with Gasteiger partial charge in [-0.1, -0.05) is 6.08 Å². The molecule has 1 aromatic rings. The van der Waals surface area contributed by atoms with Gasteiger partial charge in [0.2, 0.25) is 5.91 Å². The highest BCUT2D eigenvalue weighted by atomic mass is 16.3. The van der Waals surface area contributed by atoms with Gasteiger partial charge in [0.1, 0.15) is 5.75 Å². The van der Waals surface area contributed by atoms with E-state index in [2.05, 4.69) is 11.9 Å². The highest BCUT2D eigenvalue weighted by Gasteiger charge is 2.17. The van der Waals surface area contributed by atoms with Crippen molar-refractivity contribution in [1.29, 1.82) is 0 Å². The minimum absolute atomic E-state index is 0.0944. The summed E-state index contributed by atoms with van der Waals surface area (Å²) in [5.74, 6) is -0.503. The lowest BCUT2D eigenvalue weighted by Crippen LogP contribution is -2.22. The Labute approximate surface area is 118 Å². The van der Waals surface area contributed by atoms with Gasteiger partial charge in [0.05, 0.1) is 12.1 Å². The predicted octanol–water partition coefficient (Wildman–Crippen LogP) is 1.82. The van der Waals surface area contributed by atoms with E-state index in [0.29, 0.717) is 17.7 Å². The number of carbonyl (C=O) groups excluding carboxylic acids is 2. The third-order valence-electron chi connectivity index (χ3n) is 2.70. The zero-order chi connectivity index (χ0) is 15.3. The first-order chi connectivity index (χ1) is 9.36. The van der Waals surface area contributed by atoms with Crippen molar-refractivity contribution in [2.24, 2.45) is 0 Å². The molecule has 0 aliphatic rings. The molecule has 2 N–H and O–H groups in total. The number of phenols is 1. The number of hydrogen-bond acceptors (Lipinski definition) is 4. The van der Waals surface area contributed by atoms with Crippen LogP contribution in [0.3, 0.4) is 0 Å². The van der Waals surface area contributed by atoms with E-state index < -0.39 is 0 Å². The molecule has 0 unspecified atom stereocenters.